The fraction of sp³-hybridized carbons (Fsp3) is 0.267. The van der Waals surface area contributed by atoms with E-state index in [1.54, 1.807) is 0 Å². The third kappa shape index (κ3) is 3.00. The van der Waals surface area contributed by atoms with Crippen LogP contribution in [-0.2, 0) is 6.54 Å². The third-order valence-corrected chi connectivity index (χ3v) is 2.87. The Morgan fingerprint density at radius 3 is 2.61 bits per heavy atom. The number of nitrogens with two attached hydrogens (primary N) is 1. The average Bonchev–Trinajstić information content (AvgIpc) is 2.37. The highest BCUT2D eigenvalue weighted by atomic mass is 15.2. The van der Waals surface area contributed by atoms with Crippen molar-refractivity contribution in [3.05, 3.63) is 54.2 Å². The molecule has 0 amide bonds. The lowest BCUT2D eigenvalue weighted by Gasteiger charge is -2.28. The summed E-state index contributed by atoms with van der Waals surface area (Å²) in [5.41, 5.74) is 7.82. The van der Waals surface area contributed by atoms with Crippen molar-refractivity contribution in [1.29, 1.82) is 0 Å². The molecule has 0 aliphatic heterocycles. The molecule has 1 aromatic heterocycles. The Kier molecular flexibility index (Phi) is 3.82. The maximum Gasteiger partial charge on any atom is 0.128 e. The number of rotatable bonds is 4. The van der Waals surface area contributed by atoms with E-state index >= 15 is 0 Å². The summed E-state index contributed by atoms with van der Waals surface area (Å²) in [6, 6.07) is 14.4. The van der Waals surface area contributed by atoms with Crippen LogP contribution in [0.1, 0.15) is 19.4 Å². The van der Waals surface area contributed by atoms with Gasteiger partial charge in [0.15, 0.2) is 0 Å². The second-order valence-corrected chi connectivity index (χ2v) is 4.65. The first-order valence-electron chi connectivity index (χ1n) is 6.19. The summed E-state index contributed by atoms with van der Waals surface area (Å²) in [5, 5.41) is 0. The number of nitrogens with zero attached hydrogens (tertiary/aromatic N) is 2. The fourth-order valence-corrected chi connectivity index (χ4v) is 1.94. The number of hydrogen-bond donors (Lipinski definition) is 1. The van der Waals surface area contributed by atoms with Gasteiger partial charge in [-0.15, -0.1) is 0 Å². The van der Waals surface area contributed by atoms with Crippen LogP contribution in [0.3, 0.4) is 0 Å². The molecule has 0 aliphatic rings. The number of benzene rings is 1. The largest absolute Gasteiger partial charge is 0.399 e. The molecule has 0 atom stereocenters. The zero-order chi connectivity index (χ0) is 13.0. The van der Waals surface area contributed by atoms with E-state index in [-0.39, 0.29) is 0 Å². The van der Waals surface area contributed by atoms with Crippen LogP contribution in [0, 0.1) is 0 Å². The van der Waals surface area contributed by atoms with Gasteiger partial charge in [0.25, 0.3) is 0 Å². The molecule has 2 rings (SSSR count). The van der Waals surface area contributed by atoms with Crippen LogP contribution in [0.5, 0.6) is 0 Å². The van der Waals surface area contributed by atoms with Crippen molar-refractivity contribution in [2.45, 2.75) is 26.4 Å². The minimum absolute atomic E-state index is 0.390. The lowest BCUT2D eigenvalue weighted by molar-refractivity contribution is 0.673. The zero-order valence-electron chi connectivity index (χ0n) is 10.9. The molecule has 0 saturated carbocycles. The van der Waals surface area contributed by atoms with Crippen LogP contribution in [0.2, 0.25) is 0 Å². The second kappa shape index (κ2) is 5.54. The predicted octanol–water partition coefficient (Wildman–Crippen LogP) is 3.08. The Balaban J connectivity index is 2.22. The van der Waals surface area contributed by atoms with Crippen LogP contribution >= 0.6 is 0 Å². The van der Waals surface area contributed by atoms with Crippen LogP contribution in [-0.4, -0.2) is 11.0 Å². The second-order valence-electron chi connectivity index (χ2n) is 4.65. The summed E-state index contributed by atoms with van der Waals surface area (Å²) in [5.74, 6) is 0.995. The van der Waals surface area contributed by atoms with E-state index in [0.29, 0.717) is 6.04 Å². The number of hydrogen-bond acceptors (Lipinski definition) is 3. The summed E-state index contributed by atoms with van der Waals surface area (Å²) < 4.78 is 0. The Hall–Kier alpha value is -2.03. The van der Waals surface area contributed by atoms with Crippen molar-refractivity contribution < 1.29 is 0 Å². The SMILES string of the molecule is CC(C)N(Cc1cccc(N)c1)c1ccccn1. The monoisotopic (exact) mass is 241 g/mol. The van der Waals surface area contributed by atoms with E-state index < -0.39 is 0 Å². The molecular formula is C15H19N3. The zero-order valence-corrected chi connectivity index (χ0v) is 10.9. The molecule has 1 heterocycles. The summed E-state index contributed by atoms with van der Waals surface area (Å²) in [7, 11) is 0. The molecule has 0 spiro atoms. The smallest absolute Gasteiger partial charge is 0.128 e. The molecule has 3 heteroatoms. The number of nitrogen functional groups attached to an aromatic ring is 1. The van der Waals surface area contributed by atoms with E-state index in [1.165, 1.54) is 5.56 Å². The summed E-state index contributed by atoms with van der Waals surface area (Å²) >= 11 is 0. The highest BCUT2D eigenvalue weighted by molar-refractivity contribution is 5.44. The first kappa shape index (κ1) is 12.4. The van der Waals surface area contributed by atoms with Crippen molar-refractivity contribution in [3.8, 4) is 0 Å². The molecule has 0 saturated heterocycles. The van der Waals surface area contributed by atoms with Gasteiger partial charge in [0.05, 0.1) is 0 Å². The van der Waals surface area contributed by atoms with Gasteiger partial charge in [-0.1, -0.05) is 18.2 Å². The minimum Gasteiger partial charge on any atom is -0.399 e. The van der Waals surface area contributed by atoms with E-state index in [2.05, 4.69) is 29.8 Å². The van der Waals surface area contributed by atoms with Crippen LogP contribution < -0.4 is 10.6 Å². The van der Waals surface area contributed by atoms with Gasteiger partial charge in [-0.25, -0.2) is 4.98 Å². The lowest BCUT2D eigenvalue weighted by Crippen LogP contribution is -2.30. The van der Waals surface area contributed by atoms with Gasteiger partial charge in [-0.3, -0.25) is 0 Å². The number of pyridine rings is 1. The van der Waals surface area contributed by atoms with Gasteiger partial charge < -0.3 is 10.6 Å². The van der Waals surface area contributed by atoms with Gasteiger partial charge in [0.1, 0.15) is 5.82 Å². The standard InChI is InChI=1S/C15H19N3/c1-12(2)18(15-8-3-4-9-17-15)11-13-6-5-7-14(16)10-13/h3-10,12H,11,16H2,1-2H3. The van der Waals surface area contributed by atoms with Crippen LogP contribution in [0.4, 0.5) is 11.5 Å². The van der Waals surface area contributed by atoms with Crippen LogP contribution in [0.15, 0.2) is 48.7 Å². The van der Waals surface area contributed by atoms with Gasteiger partial charge in [0, 0.05) is 24.5 Å². The Morgan fingerprint density at radius 1 is 1.17 bits per heavy atom. The molecule has 0 bridgehead atoms. The minimum atomic E-state index is 0.390. The quantitative estimate of drug-likeness (QED) is 0.836. The maximum absolute atomic E-state index is 5.81. The number of aromatic nitrogens is 1. The molecule has 18 heavy (non-hydrogen) atoms. The van der Waals surface area contributed by atoms with E-state index in [9.17, 15) is 0 Å². The van der Waals surface area contributed by atoms with Crippen molar-refractivity contribution >= 4 is 11.5 Å². The lowest BCUT2D eigenvalue weighted by atomic mass is 10.1. The summed E-state index contributed by atoms with van der Waals surface area (Å²) in [4.78, 5) is 6.67. The van der Waals surface area contributed by atoms with Gasteiger partial charge in [-0.2, -0.15) is 0 Å². The Labute approximate surface area is 108 Å². The van der Waals surface area contributed by atoms with Crippen molar-refractivity contribution in [3.63, 3.8) is 0 Å². The molecule has 0 aliphatic carbocycles. The molecule has 1 aromatic carbocycles. The van der Waals surface area contributed by atoms with Crippen LogP contribution in [0.25, 0.3) is 0 Å². The summed E-state index contributed by atoms with van der Waals surface area (Å²) in [6.07, 6.45) is 1.82. The maximum atomic E-state index is 5.81. The molecule has 0 radical (unpaired) electrons. The van der Waals surface area contributed by atoms with Crippen molar-refractivity contribution in [1.82, 2.24) is 4.98 Å². The first-order chi connectivity index (χ1) is 8.66. The van der Waals surface area contributed by atoms with Crippen molar-refractivity contribution in [2.75, 3.05) is 10.6 Å². The number of anilines is 2. The topological polar surface area (TPSA) is 42.1 Å². The highest BCUT2D eigenvalue weighted by Crippen LogP contribution is 2.18. The molecular weight excluding hydrogens is 222 g/mol. The van der Waals surface area contributed by atoms with E-state index in [4.69, 9.17) is 5.73 Å². The van der Waals surface area contributed by atoms with E-state index in [0.717, 1.165) is 18.1 Å². The Bertz CT molecular complexity index is 494. The molecule has 2 aromatic rings. The fourth-order valence-electron chi connectivity index (χ4n) is 1.94. The molecule has 94 valence electrons. The normalized spacial score (nSPS) is 10.6. The highest BCUT2D eigenvalue weighted by Gasteiger charge is 2.11. The Morgan fingerprint density at radius 2 is 2.00 bits per heavy atom. The average molecular weight is 241 g/mol. The first-order valence-corrected chi connectivity index (χ1v) is 6.19. The van der Waals surface area contributed by atoms with E-state index in [1.807, 2.05) is 42.6 Å². The van der Waals surface area contributed by atoms with Gasteiger partial charge >= 0.3 is 0 Å². The molecule has 3 nitrogen and oxygen atoms in total. The summed E-state index contributed by atoms with van der Waals surface area (Å²) in [6.45, 7) is 5.15. The molecule has 2 N–H and O–H groups in total. The van der Waals surface area contributed by atoms with Crippen molar-refractivity contribution in [2.24, 2.45) is 0 Å². The molecule has 0 fully saturated rings. The predicted molar refractivity (Wildman–Crippen MR) is 76.4 cm³/mol. The molecule has 0 unspecified atom stereocenters. The van der Waals surface area contributed by atoms with Gasteiger partial charge in [-0.05, 0) is 43.7 Å². The third-order valence-electron chi connectivity index (χ3n) is 2.87. The van der Waals surface area contributed by atoms with Gasteiger partial charge in [0.2, 0.25) is 0 Å².